The molecule has 0 unspecified atom stereocenters. The minimum absolute atomic E-state index is 0.346. The van der Waals surface area contributed by atoms with Gasteiger partial charge in [0, 0.05) is 24.6 Å². The first kappa shape index (κ1) is 19.8. The van der Waals surface area contributed by atoms with Gasteiger partial charge in [-0.1, -0.05) is 23.7 Å². The Balaban J connectivity index is 1.59. The Kier molecular flexibility index (Phi) is 6.55. The lowest BCUT2D eigenvalue weighted by Crippen LogP contribution is -2.08. The number of carbonyl (C=O) groups is 1. The molecule has 6 nitrogen and oxygen atoms in total. The standard InChI is InChI=1S/C21H22ClN3O3/c1-15-17(21(26)27-2)4-3-5-19(15)24-13-16-6-7-20(18(22)12-16)28-11-10-25-9-8-23-14-25/h3-9,12,14,24H,10-11,13H2,1-2H3. The Morgan fingerprint density at radius 1 is 1.29 bits per heavy atom. The maximum absolute atomic E-state index is 11.8. The summed E-state index contributed by atoms with van der Waals surface area (Å²) < 4.78 is 12.5. The molecule has 0 atom stereocenters. The second kappa shape index (κ2) is 9.28. The van der Waals surface area contributed by atoms with E-state index in [1.165, 1.54) is 7.11 Å². The van der Waals surface area contributed by atoms with Crippen molar-refractivity contribution in [1.82, 2.24) is 9.55 Å². The van der Waals surface area contributed by atoms with Crippen LogP contribution in [0.2, 0.25) is 5.02 Å². The first-order valence-corrected chi connectivity index (χ1v) is 9.25. The van der Waals surface area contributed by atoms with Crippen molar-refractivity contribution in [2.45, 2.75) is 20.0 Å². The fourth-order valence-electron chi connectivity index (χ4n) is 2.81. The fourth-order valence-corrected chi connectivity index (χ4v) is 3.06. The molecule has 0 bridgehead atoms. The van der Waals surface area contributed by atoms with Gasteiger partial charge in [-0.05, 0) is 42.3 Å². The number of esters is 1. The first-order valence-electron chi connectivity index (χ1n) is 8.87. The Morgan fingerprint density at radius 3 is 2.86 bits per heavy atom. The number of methoxy groups -OCH3 is 1. The van der Waals surface area contributed by atoms with Gasteiger partial charge in [0.05, 0.1) is 30.6 Å². The number of hydrogen-bond donors (Lipinski definition) is 1. The van der Waals surface area contributed by atoms with Crippen molar-refractivity contribution < 1.29 is 14.3 Å². The van der Waals surface area contributed by atoms with E-state index in [4.69, 9.17) is 21.1 Å². The quantitative estimate of drug-likeness (QED) is 0.571. The molecule has 0 radical (unpaired) electrons. The van der Waals surface area contributed by atoms with Crippen LogP contribution in [0.5, 0.6) is 5.75 Å². The second-order valence-corrected chi connectivity index (χ2v) is 6.64. The molecule has 28 heavy (non-hydrogen) atoms. The number of nitrogens with one attached hydrogen (secondary N) is 1. The Hall–Kier alpha value is -2.99. The zero-order valence-corrected chi connectivity index (χ0v) is 16.6. The van der Waals surface area contributed by atoms with Crippen LogP contribution in [-0.2, 0) is 17.8 Å². The zero-order chi connectivity index (χ0) is 19.9. The molecule has 1 heterocycles. The molecule has 3 aromatic rings. The molecule has 0 aliphatic rings. The van der Waals surface area contributed by atoms with E-state index in [-0.39, 0.29) is 5.97 Å². The number of halogens is 1. The van der Waals surface area contributed by atoms with Crippen molar-refractivity contribution in [2.75, 3.05) is 19.0 Å². The van der Waals surface area contributed by atoms with Crippen molar-refractivity contribution in [1.29, 1.82) is 0 Å². The van der Waals surface area contributed by atoms with Crippen molar-refractivity contribution in [3.8, 4) is 5.75 Å². The molecule has 1 aromatic heterocycles. The van der Waals surface area contributed by atoms with Crippen LogP contribution in [0.25, 0.3) is 0 Å². The number of rotatable bonds is 8. The molecule has 3 rings (SSSR count). The zero-order valence-electron chi connectivity index (χ0n) is 15.8. The van der Waals surface area contributed by atoms with Gasteiger partial charge in [-0.15, -0.1) is 0 Å². The fraction of sp³-hybridized carbons (Fsp3) is 0.238. The molecule has 0 spiro atoms. The molecule has 1 N–H and O–H groups in total. The van der Waals surface area contributed by atoms with Crippen LogP contribution in [0.15, 0.2) is 55.1 Å². The Morgan fingerprint density at radius 2 is 2.14 bits per heavy atom. The maximum Gasteiger partial charge on any atom is 0.338 e. The average molecular weight is 400 g/mol. The number of ether oxygens (including phenoxy) is 2. The molecule has 0 fully saturated rings. The molecule has 7 heteroatoms. The highest BCUT2D eigenvalue weighted by molar-refractivity contribution is 6.32. The number of anilines is 1. The molecule has 2 aromatic carbocycles. The molecule has 146 valence electrons. The van der Waals surface area contributed by atoms with Gasteiger partial charge >= 0.3 is 5.97 Å². The van der Waals surface area contributed by atoms with E-state index >= 15 is 0 Å². The highest BCUT2D eigenvalue weighted by Gasteiger charge is 2.12. The average Bonchev–Trinajstić information content (AvgIpc) is 3.21. The summed E-state index contributed by atoms with van der Waals surface area (Å²) in [5.41, 5.74) is 3.28. The summed E-state index contributed by atoms with van der Waals surface area (Å²) in [7, 11) is 1.38. The van der Waals surface area contributed by atoms with Crippen LogP contribution in [0, 0.1) is 6.92 Å². The minimum atomic E-state index is -0.346. The van der Waals surface area contributed by atoms with Crippen molar-refractivity contribution in [2.24, 2.45) is 0 Å². The highest BCUT2D eigenvalue weighted by atomic mass is 35.5. The summed E-state index contributed by atoms with van der Waals surface area (Å²) in [6, 6.07) is 11.2. The van der Waals surface area contributed by atoms with E-state index in [0.717, 1.165) is 16.8 Å². The summed E-state index contributed by atoms with van der Waals surface area (Å²) in [6.07, 6.45) is 5.37. The van der Waals surface area contributed by atoms with Crippen LogP contribution in [-0.4, -0.2) is 29.2 Å². The smallest absolute Gasteiger partial charge is 0.338 e. The molecule has 0 aliphatic carbocycles. The molecule has 0 aliphatic heterocycles. The van der Waals surface area contributed by atoms with Gasteiger partial charge < -0.3 is 19.4 Å². The number of hydrogen-bond acceptors (Lipinski definition) is 5. The maximum atomic E-state index is 11.8. The lowest BCUT2D eigenvalue weighted by Gasteiger charge is -2.13. The lowest BCUT2D eigenvalue weighted by atomic mass is 10.1. The number of carbonyl (C=O) groups excluding carboxylic acids is 1. The molecular formula is C21H22ClN3O3. The van der Waals surface area contributed by atoms with Crippen molar-refractivity contribution >= 4 is 23.3 Å². The summed E-state index contributed by atoms with van der Waals surface area (Å²) >= 11 is 6.36. The highest BCUT2D eigenvalue weighted by Crippen LogP contribution is 2.26. The SMILES string of the molecule is COC(=O)c1cccc(NCc2ccc(OCCn3ccnc3)c(Cl)c2)c1C. The van der Waals surface area contributed by atoms with Crippen molar-refractivity contribution in [3.63, 3.8) is 0 Å². The van der Waals surface area contributed by atoms with Gasteiger partial charge in [0.15, 0.2) is 0 Å². The molecule has 0 saturated carbocycles. The van der Waals surface area contributed by atoms with Gasteiger partial charge in [0.25, 0.3) is 0 Å². The third-order valence-corrected chi connectivity index (χ3v) is 4.68. The number of benzene rings is 2. The van der Waals surface area contributed by atoms with E-state index < -0.39 is 0 Å². The van der Waals surface area contributed by atoms with Crippen LogP contribution >= 0.6 is 11.6 Å². The third-order valence-electron chi connectivity index (χ3n) is 4.38. The van der Waals surface area contributed by atoms with Crippen molar-refractivity contribution in [3.05, 3.63) is 76.8 Å². The Bertz CT molecular complexity index is 942. The topological polar surface area (TPSA) is 65.4 Å². The van der Waals surface area contributed by atoms with Gasteiger partial charge in [-0.2, -0.15) is 0 Å². The second-order valence-electron chi connectivity index (χ2n) is 6.24. The molecule has 0 amide bonds. The minimum Gasteiger partial charge on any atom is -0.490 e. The van der Waals surface area contributed by atoms with Crippen LogP contribution in [0.4, 0.5) is 5.69 Å². The summed E-state index contributed by atoms with van der Waals surface area (Å²) in [4.78, 5) is 15.8. The van der Waals surface area contributed by atoms with Crippen LogP contribution in [0.1, 0.15) is 21.5 Å². The number of aromatic nitrogens is 2. The molecule has 0 saturated heterocycles. The predicted molar refractivity (Wildman–Crippen MR) is 109 cm³/mol. The van der Waals surface area contributed by atoms with E-state index in [9.17, 15) is 4.79 Å². The third kappa shape index (κ3) is 4.84. The van der Waals surface area contributed by atoms with Crippen LogP contribution in [0.3, 0.4) is 0 Å². The number of nitrogens with zero attached hydrogens (tertiary/aromatic N) is 2. The van der Waals surface area contributed by atoms with E-state index in [1.807, 2.05) is 48.0 Å². The van der Waals surface area contributed by atoms with E-state index in [0.29, 0.717) is 36.0 Å². The number of imidazole rings is 1. The molecular weight excluding hydrogens is 378 g/mol. The summed E-state index contributed by atoms with van der Waals surface area (Å²) in [5.74, 6) is 0.302. The van der Waals surface area contributed by atoms with E-state index in [2.05, 4.69) is 10.3 Å². The normalized spacial score (nSPS) is 10.5. The van der Waals surface area contributed by atoms with Gasteiger partial charge in [-0.25, -0.2) is 9.78 Å². The van der Waals surface area contributed by atoms with Gasteiger partial charge in [0.1, 0.15) is 12.4 Å². The summed E-state index contributed by atoms with van der Waals surface area (Å²) in [5, 5.41) is 3.90. The van der Waals surface area contributed by atoms with E-state index in [1.54, 1.807) is 18.6 Å². The summed E-state index contributed by atoms with van der Waals surface area (Å²) in [6.45, 7) is 3.67. The first-order chi connectivity index (χ1) is 13.6. The van der Waals surface area contributed by atoms with Crippen LogP contribution < -0.4 is 10.1 Å². The van der Waals surface area contributed by atoms with Gasteiger partial charge in [0.2, 0.25) is 0 Å². The predicted octanol–water partition coefficient (Wildman–Crippen LogP) is 4.32. The monoisotopic (exact) mass is 399 g/mol. The Labute approximate surface area is 169 Å². The lowest BCUT2D eigenvalue weighted by molar-refractivity contribution is 0.0600. The largest absolute Gasteiger partial charge is 0.490 e. The van der Waals surface area contributed by atoms with Gasteiger partial charge in [-0.3, -0.25) is 0 Å².